The van der Waals surface area contributed by atoms with E-state index in [1.165, 1.54) is 23.1 Å². The molecule has 0 radical (unpaired) electrons. The zero-order chi connectivity index (χ0) is 17.9. The second-order valence-electron chi connectivity index (χ2n) is 6.70. The Balaban J connectivity index is 1.26. The predicted octanol–water partition coefficient (Wildman–Crippen LogP) is 0.495. The van der Waals surface area contributed by atoms with Crippen LogP contribution in [-0.4, -0.2) is 76.2 Å². The summed E-state index contributed by atoms with van der Waals surface area (Å²) in [4.78, 5) is 34.2. The molecule has 2 fully saturated rings. The van der Waals surface area contributed by atoms with Gasteiger partial charge >= 0.3 is 0 Å². The van der Waals surface area contributed by atoms with E-state index in [2.05, 4.69) is 15.2 Å². The molecule has 2 aliphatic heterocycles. The number of hydrogen-bond donors (Lipinski definition) is 1. The Morgan fingerprint density at radius 3 is 3.04 bits per heavy atom. The molecule has 0 aliphatic carbocycles. The first kappa shape index (κ1) is 18.0. The van der Waals surface area contributed by atoms with Crippen molar-refractivity contribution in [2.24, 2.45) is 0 Å². The molecule has 9 heteroatoms. The fourth-order valence-electron chi connectivity index (χ4n) is 3.61. The van der Waals surface area contributed by atoms with Gasteiger partial charge < -0.3 is 10.2 Å². The maximum atomic E-state index is 12.5. The molecule has 4 rings (SSSR count). The number of rotatable bonds is 5. The van der Waals surface area contributed by atoms with E-state index in [1.54, 1.807) is 16.7 Å². The Morgan fingerprint density at radius 1 is 1.35 bits per heavy atom. The van der Waals surface area contributed by atoms with Gasteiger partial charge in [0.1, 0.15) is 0 Å². The molecule has 2 saturated heterocycles. The Morgan fingerprint density at radius 2 is 2.19 bits per heavy atom. The fraction of sp³-hybridized carbons (Fsp3) is 0.588. The topological polar surface area (TPSA) is 70.0 Å². The average Bonchev–Trinajstić information content (AvgIpc) is 3.32. The fourth-order valence-corrected chi connectivity index (χ4v) is 5.16. The van der Waals surface area contributed by atoms with Crippen molar-refractivity contribution in [1.29, 1.82) is 0 Å². The normalized spacial score (nSPS) is 21.5. The highest BCUT2D eigenvalue weighted by atomic mass is 32.2. The highest BCUT2D eigenvalue weighted by molar-refractivity contribution is 7.99. The van der Waals surface area contributed by atoms with E-state index in [0.29, 0.717) is 22.5 Å². The van der Waals surface area contributed by atoms with Gasteiger partial charge in [0, 0.05) is 68.7 Å². The minimum absolute atomic E-state index is 0.0587. The number of aromatic nitrogens is 2. The van der Waals surface area contributed by atoms with Crippen LogP contribution in [0.2, 0.25) is 0 Å². The van der Waals surface area contributed by atoms with Gasteiger partial charge in [-0.05, 0) is 6.42 Å². The first-order chi connectivity index (χ1) is 12.7. The van der Waals surface area contributed by atoms with E-state index < -0.39 is 0 Å². The summed E-state index contributed by atoms with van der Waals surface area (Å²) >= 11 is 2.98. The Hall–Kier alpha value is -1.42. The maximum absolute atomic E-state index is 12.5. The number of amides is 1. The first-order valence-corrected chi connectivity index (χ1v) is 11.0. The molecule has 0 saturated carbocycles. The van der Waals surface area contributed by atoms with Crippen molar-refractivity contribution < 1.29 is 4.79 Å². The number of carbonyl (C=O) groups is 1. The molecular formula is C17H23N5O2S2. The lowest BCUT2D eigenvalue weighted by Crippen LogP contribution is -2.49. The van der Waals surface area contributed by atoms with Crippen LogP contribution in [0.15, 0.2) is 22.4 Å². The van der Waals surface area contributed by atoms with Crippen molar-refractivity contribution in [1.82, 2.24) is 24.5 Å². The second kappa shape index (κ2) is 8.08. The number of hydrogen-bond acceptors (Lipinski definition) is 7. The van der Waals surface area contributed by atoms with Gasteiger partial charge in [-0.25, -0.2) is 4.98 Å². The molecule has 0 bridgehead atoms. The van der Waals surface area contributed by atoms with Crippen molar-refractivity contribution >= 4 is 34.0 Å². The monoisotopic (exact) mass is 393 g/mol. The number of likely N-dealkylation sites (tertiary alicyclic amines) is 1. The van der Waals surface area contributed by atoms with E-state index >= 15 is 0 Å². The van der Waals surface area contributed by atoms with Gasteiger partial charge in [0.25, 0.3) is 5.56 Å². The minimum atomic E-state index is -0.0587. The molecule has 2 aliphatic rings. The van der Waals surface area contributed by atoms with E-state index in [0.717, 1.165) is 51.4 Å². The molecule has 2 aromatic rings. The largest absolute Gasteiger partial charge is 0.340 e. The van der Waals surface area contributed by atoms with E-state index in [9.17, 15) is 9.59 Å². The van der Waals surface area contributed by atoms with Crippen LogP contribution in [-0.2, 0) is 10.5 Å². The summed E-state index contributed by atoms with van der Waals surface area (Å²) in [5.41, 5.74) is 0.687. The molecule has 26 heavy (non-hydrogen) atoms. The van der Waals surface area contributed by atoms with Crippen molar-refractivity contribution in [3.63, 3.8) is 0 Å². The zero-order valence-electron chi connectivity index (χ0n) is 14.6. The molecule has 0 spiro atoms. The number of thioether (sulfide) groups is 1. The summed E-state index contributed by atoms with van der Waals surface area (Å²) in [5, 5.41) is 5.23. The van der Waals surface area contributed by atoms with Crippen LogP contribution in [0.3, 0.4) is 0 Å². The van der Waals surface area contributed by atoms with Crippen molar-refractivity contribution in [3.8, 4) is 0 Å². The summed E-state index contributed by atoms with van der Waals surface area (Å²) in [7, 11) is 0. The van der Waals surface area contributed by atoms with Crippen LogP contribution < -0.4 is 10.9 Å². The summed E-state index contributed by atoms with van der Waals surface area (Å²) in [6.07, 6.45) is 2.81. The van der Waals surface area contributed by atoms with E-state index in [1.807, 2.05) is 10.3 Å². The lowest BCUT2D eigenvalue weighted by molar-refractivity contribution is -0.127. The van der Waals surface area contributed by atoms with Gasteiger partial charge in [-0.2, -0.15) is 0 Å². The second-order valence-corrected chi connectivity index (χ2v) is 8.56. The Labute approximate surface area is 160 Å². The Kier molecular flexibility index (Phi) is 5.58. The van der Waals surface area contributed by atoms with Crippen LogP contribution in [0.5, 0.6) is 0 Å². The lowest BCUT2D eigenvalue weighted by Gasteiger charge is -2.32. The molecule has 1 unspecified atom stereocenters. The summed E-state index contributed by atoms with van der Waals surface area (Å²) in [6, 6.07) is 2.07. The molecule has 0 aromatic carbocycles. The van der Waals surface area contributed by atoms with E-state index in [4.69, 9.17) is 0 Å². The van der Waals surface area contributed by atoms with Crippen LogP contribution >= 0.6 is 23.1 Å². The van der Waals surface area contributed by atoms with Gasteiger partial charge in [0.05, 0.1) is 11.4 Å². The Bertz CT molecular complexity index is 830. The molecule has 2 aromatic heterocycles. The van der Waals surface area contributed by atoms with Crippen LogP contribution in [0.25, 0.3) is 4.96 Å². The molecular weight excluding hydrogens is 370 g/mol. The van der Waals surface area contributed by atoms with Gasteiger partial charge in [0.2, 0.25) is 5.91 Å². The van der Waals surface area contributed by atoms with Crippen molar-refractivity contribution in [2.75, 3.05) is 45.0 Å². The van der Waals surface area contributed by atoms with Gasteiger partial charge in [-0.15, -0.1) is 23.1 Å². The smallest absolute Gasteiger partial charge is 0.258 e. The van der Waals surface area contributed by atoms with Crippen molar-refractivity contribution in [2.45, 2.75) is 18.2 Å². The average molecular weight is 394 g/mol. The van der Waals surface area contributed by atoms with Gasteiger partial charge in [-0.3, -0.25) is 18.9 Å². The predicted molar refractivity (Wildman–Crippen MR) is 105 cm³/mol. The third-order valence-electron chi connectivity index (χ3n) is 5.02. The van der Waals surface area contributed by atoms with Gasteiger partial charge in [0.15, 0.2) is 4.96 Å². The third kappa shape index (κ3) is 3.95. The molecule has 140 valence electrons. The molecule has 1 atom stereocenters. The SMILES string of the molecule is O=C(CSCc1cc(=O)n2ccsc2n1)N1CCC(N2CCNCC2)C1. The van der Waals surface area contributed by atoms with Crippen LogP contribution in [0.4, 0.5) is 0 Å². The highest BCUT2D eigenvalue weighted by Gasteiger charge is 2.30. The highest BCUT2D eigenvalue weighted by Crippen LogP contribution is 2.18. The number of fused-ring (bicyclic) bond motifs is 1. The summed E-state index contributed by atoms with van der Waals surface area (Å²) in [5.74, 6) is 1.23. The molecule has 1 N–H and O–H groups in total. The van der Waals surface area contributed by atoms with Gasteiger partial charge in [-0.1, -0.05) is 0 Å². The summed E-state index contributed by atoms with van der Waals surface area (Å²) < 4.78 is 1.55. The number of thiazole rings is 1. The third-order valence-corrected chi connectivity index (χ3v) is 6.72. The number of nitrogens with zero attached hydrogens (tertiary/aromatic N) is 4. The zero-order valence-corrected chi connectivity index (χ0v) is 16.2. The number of nitrogens with one attached hydrogen (secondary N) is 1. The molecule has 7 nitrogen and oxygen atoms in total. The maximum Gasteiger partial charge on any atom is 0.258 e. The van der Waals surface area contributed by atoms with Crippen molar-refractivity contribution in [3.05, 3.63) is 33.7 Å². The quantitative estimate of drug-likeness (QED) is 0.798. The lowest BCUT2D eigenvalue weighted by atomic mass is 10.2. The molecule has 4 heterocycles. The summed E-state index contributed by atoms with van der Waals surface area (Å²) in [6.45, 7) is 5.94. The van der Waals surface area contributed by atoms with Crippen LogP contribution in [0, 0.1) is 0 Å². The number of carbonyl (C=O) groups excluding carboxylic acids is 1. The standard InChI is InChI=1S/C17H23N5O2S2/c23-15-9-13(19-17-22(15)7-8-26-17)11-25-12-16(24)21-4-1-14(10-21)20-5-2-18-3-6-20/h7-9,14,18H,1-6,10-12H2. The number of piperazine rings is 1. The van der Waals surface area contributed by atoms with Crippen LogP contribution in [0.1, 0.15) is 12.1 Å². The van der Waals surface area contributed by atoms with E-state index in [-0.39, 0.29) is 11.5 Å². The minimum Gasteiger partial charge on any atom is -0.340 e. The molecule has 1 amide bonds. The first-order valence-electron chi connectivity index (χ1n) is 8.97.